The first-order valence-corrected chi connectivity index (χ1v) is 8.02. The number of hydrogen-bond acceptors (Lipinski definition) is 6. The first-order chi connectivity index (χ1) is 12.5. The summed E-state index contributed by atoms with van der Waals surface area (Å²) in [5.41, 5.74) is 2.05. The molecule has 2 rings (SSSR count). The third-order valence-corrected chi connectivity index (χ3v) is 3.84. The Kier molecular flexibility index (Phi) is 6.60. The molecule has 0 unspecified atom stereocenters. The summed E-state index contributed by atoms with van der Waals surface area (Å²) in [4.78, 5) is 24.4. The molecule has 0 atom stereocenters. The quantitative estimate of drug-likeness (QED) is 0.534. The maximum Gasteiger partial charge on any atom is 0.310 e. The van der Waals surface area contributed by atoms with Gasteiger partial charge in [0.15, 0.2) is 6.61 Å². The first kappa shape index (κ1) is 19.3. The second kappa shape index (κ2) is 8.89. The van der Waals surface area contributed by atoms with Gasteiger partial charge in [0.25, 0.3) is 0 Å². The lowest BCUT2D eigenvalue weighted by Crippen LogP contribution is -2.16. The van der Waals surface area contributed by atoms with Crippen LogP contribution in [0.15, 0.2) is 36.4 Å². The number of ketones is 1. The van der Waals surface area contributed by atoms with Gasteiger partial charge in [0.2, 0.25) is 5.78 Å². The van der Waals surface area contributed by atoms with Gasteiger partial charge in [-0.3, -0.25) is 9.59 Å². The van der Waals surface area contributed by atoms with E-state index in [0.717, 1.165) is 5.56 Å². The van der Waals surface area contributed by atoms with Crippen molar-refractivity contribution >= 4 is 11.8 Å². The fraction of sp³-hybridized carbons (Fsp3) is 0.300. The van der Waals surface area contributed by atoms with Gasteiger partial charge in [0, 0.05) is 11.6 Å². The zero-order valence-corrected chi connectivity index (χ0v) is 15.3. The number of hydrogen-bond donors (Lipinski definition) is 0. The number of benzene rings is 2. The Labute approximate surface area is 152 Å². The van der Waals surface area contributed by atoms with Gasteiger partial charge < -0.3 is 18.9 Å². The molecule has 0 aliphatic heterocycles. The Bertz CT molecular complexity index is 797. The highest BCUT2D eigenvalue weighted by atomic mass is 16.5. The number of methoxy groups -OCH3 is 3. The molecule has 6 nitrogen and oxygen atoms in total. The van der Waals surface area contributed by atoms with E-state index < -0.39 is 5.97 Å². The van der Waals surface area contributed by atoms with E-state index in [1.54, 1.807) is 31.4 Å². The second-order valence-corrected chi connectivity index (χ2v) is 5.64. The van der Waals surface area contributed by atoms with Crippen LogP contribution in [0.4, 0.5) is 0 Å². The lowest BCUT2D eigenvalue weighted by Gasteiger charge is -2.11. The molecule has 0 fully saturated rings. The van der Waals surface area contributed by atoms with Crippen molar-refractivity contribution in [3.63, 3.8) is 0 Å². The van der Waals surface area contributed by atoms with Crippen molar-refractivity contribution in [2.45, 2.75) is 13.3 Å². The zero-order chi connectivity index (χ0) is 19.1. The van der Waals surface area contributed by atoms with Crippen LogP contribution >= 0.6 is 0 Å². The van der Waals surface area contributed by atoms with Crippen LogP contribution in [0.3, 0.4) is 0 Å². The summed E-state index contributed by atoms with van der Waals surface area (Å²) in [6.45, 7) is 1.56. The summed E-state index contributed by atoms with van der Waals surface area (Å²) in [7, 11) is 4.53. The van der Waals surface area contributed by atoms with Crippen molar-refractivity contribution in [2.75, 3.05) is 27.9 Å². The topological polar surface area (TPSA) is 71.1 Å². The van der Waals surface area contributed by atoms with E-state index in [1.807, 2.05) is 19.1 Å². The lowest BCUT2D eigenvalue weighted by atomic mass is 10.1. The number of carbonyl (C=O) groups is 2. The first-order valence-electron chi connectivity index (χ1n) is 8.02. The van der Waals surface area contributed by atoms with Crippen molar-refractivity contribution in [1.29, 1.82) is 0 Å². The van der Waals surface area contributed by atoms with E-state index in [1.165, 1.54) is 14.2 Å². The molecule has 6 heteroatoms. The summed E-state index contributed by atoms with van der Waals surface area (Å²) in [6.07, 6.45) is 0.0257. The van der Waals surface area contributed by atoms with Crippen LogP contribution in [-0.4, -0.2) is 39.7 Å². The van der Waals surface area contributed by atoms with Crippen molar-refractivity contribution < 1.29 is 28.5 Å². The van der Waals surface area contributed by atoms with Crippen molar-refractivity contribution in [3.05, 3.63) is 53.1 Å². The highest BCUT2D eigenvalue weighted by molar-refractivity contribution is 6.00. The fourth-order valence-electron chi connectivity index (χ4n) is 2.50. The predicted octanol–water partition coefficient (Wildman–Crippen LogP) is 2.99. The summed E-state index contributed by atoms with van der Waals surface area (Å²) >= 11 is 0. The molecule has 0 aliphatic carbocycles. The van der Waals surface area contributed by atoms with Gasteiger partial charge in [-0.15, -0.1) is 0 Å². The molecule has 0 bridgehead atoms. The second-order valence-electron chi connectivity index (χ2n) is 5.64. The molecule has 0 aliphatic rings. The largest absolute Gasteiger partial charge is 0.497 e. The van der Waals surface area contributed by atoms with Gasteiger partial charge in [-0.25, -0.2) is 0 Å². The molecule has 0 saturated carbocycles. The predicted molar refractivity (Wildman–Crippen MR) is 96.3 cm³/mol. The van der Waals surface area contributed by atoms with Gasteiger partial charge in [-0.05, 0) is 25.1 Å². The molecule has 0 aromatic heterocycles. The standard InChI is InChI=1S/C20H22O6/c1-13-5-8-18(24-3)14(9-13)10-20(22)26-12-17(21)16-7-6-15(23-2)11-19(16)25-4/h5-9,11H,10,12H2,1-4H3. The third-order valence-electron chi connectivity index (χ3n) is 3.84. The number of Topliss-reactive ketones (excluding diaryl/α,β-unsaturated/α-hetero) is 1. The van der Waals surface area contributed by atoms with E-state index >= 15 is 0 Å². The average molecular weight is 358 g/mol. The molecule has 2 aromatic carbocycles. The van der Waals surface area contributed by atoms with Gasteiger partial charge in [-0.1, -0.05) is 17.7 Å². The summed E-state index contributed by atoms with van der Waals surface area (Å²) < 4.78 is 20.7. The molecular weight excluding hydrogens is 336 g/mol. The van der Waals surface area contributed by atoms with Crippen LogP contribution in [0.25, 0.3) is 0 Å². The summed E-state index contributed by atoms with van der Waals surface area (Å²) in [6, 6.07) is 10.4. The fourth-order valence-corrected chi connectivity index (χ4v) is 2.50. The van der Waals surface area contributed by atoms with Crippen LogP contribution in [0.5, 0.6) is 17.2 Å². The molecule has 0 amide bonds. The normalized spacial score (nSPS) is 10.2. The Morgan fingerprint density at radius 3 is 2.27 bits per heavy atom. The molecule has 138 valence electrons. The Hall–Kier alpha value is -3.02. The smallest absolute Gasteiger partial charge is 0.310 e. The number of carbonyl (C=O) groups excluding carboxylic acids is 2. The van der Waals surface area contributed by atoms with E-state index in [0.29, 0.717) is 28.4 Å². The van der Waals surface area contributed by atoms with E-state index in [2.05, 4.69) is 0 Å². The number of aryl methyl sites for hydroxylation is 1. The number of esters is 1. The summed E-state index contributed by atoms with van der Waals surface area (Å²) in [5, 5.41) is 0. The minimum absolute atomic E-state index is 0.0257. The van der Waals surface area contributed by atoms with Gasteiger partial charge in [0.1, 0.15) is 17.2 Å². The van der Waals surface area contributed by atoms with Crippen molar-refractivity contribution in [1.82, 2.24) is 0 Å². The molecule has 26 heavy (non-hydrogen) atoms. The monoisotopic (exact) mass is 358 g/mol. The summed E-state index contributed by atoms with van der Waals surface area (Å²) in [5.74, 6) is 0.687. The van der Waals surface area contributed by atoms with Crippen LogP contribution in [0, 0.1) is 6.92 Å². The molecule has 2 aromatic rings. The van der Waals surface area contributed by atoms with E-state index in [9.17, 15) is 9.59 Å². The number of ether oxygens (including phenoxy) is 4. The van der Waals surface area contributed by atoms with E-state index in [-0.39, 0.29) is 18.8 Å². The maximum atomic E-state index is 12.3. The van der Waals surface area contributed by atoms with Gasteiger partial charge in [-0.2, -0.15) is 0 Å². The molecule has 0 N–H and O–H groups in total. The highest BCUT2D eigenvalue weighted by Crippen LogP contribution is 2.25. The Morgan fingerprint density at radius 2 is 1.62 bits per heavy atom. The zero-order valence-electron chi connectivity index (χ0n) is 15.3. The van der Waals surface area contributed by atoms with Crippen molar-refractivity contribution in [2.24, 2.45) is 0 Å². The van der Waals surface area contributed by atoms with Crippen LogP contribution in [0.2, 0.25) is 0 Å². The Morgan fingerprint density at radius 1 is 0.885 bits per heavy atom. The molecule has 0 spiro atoms. The lowest BCUT2D eigenvalue weighted by molar-refractivity contribution is -0.141. The average Bonchev–Trinajstić information content (AvgIpc) is 2.65. The van der Waals surface area contributed by atoms with Crippen molar-refractivity contribution in [3.8, 4) is 17.2 Å². The maximum absolute atomic E-state index is 12.3. The third kappa shape index (κ3) is 4.75. The van der Waals surface area contributed by atoms with Crippen LogP contribution < -0.4 is 14.2 Å². The van der Waals surface area contributed by atoms with Crippen LogP contribution in [-0.2, 0) is 16.0 Å². The van der Waals surface area contributed by atoms with Gasteiger partial charge >= 0.3 is 5.97 Å². The molecule has 0 heterocycles. The Balaban J connectivity index is 2.01. The number of rotatable bonds is 8. The molecule has 0 radical (unpaired) electrons. The van der Waals surface area contributed by atoms with E-state index in [4.69, 9.17) is 18.9 Å². The highest BCUT2D eigenvalue weighted by Gasteiger charge is 2.17. The molecular formula is C20H22O6. The van der Waals surface area contributed by atoms with Crippen LogP contribution in [0.1, 0.15) is 21.5 Å². The molecule has 0 saturated heterocycles. The van der Waals surface area contributed by atoms with Gasteiger partial charge in [0.05, 0.1) is 33.3 Å². The minimum Gasteiger partial charge on any atom is -0.497 e. The minimum atomic E-state index is -0.505. The SMILES string of the molecule is COc1ccc(C(=O)COC(=O)Cc2cc(C)ccc2OC)c(OC)c1.